The number of H-pyrrole nitrogens is 1. The van der Waals surface area contributed by atoms with Gasteiger partial charge in [0.2, 0.25) is 5.88 Å². The van der Waals surface area contributed by atoms with Gasteiger partial charge in [0.15, 0.2) is 0 Å². The van der Waals surface area contributed by atoms with Crippen molar-refractivity contribution in [2.24, 2.45) is 0 Å². The van der Waals surface area contributed by atoms with E-state index in [9.17, 15) is 13.6 Å². The first-order valence-electron chi connectivity index (χ1n) is 3.35. The molecule has 0 saturated heterocycles. The number of pyridine rings is 1. The number of aromatic amines is 1. The van der Waals surface area contributed by atoms with E-state index in [1.165, 1.54) is 0 Å². The predicted octanol–water partition coefficient (Wildman–Crippen LogP) is 1.76. The van der Waals surface area contributed by atoms with Crippen molar-refractivity contribution in [2.45, 2.75) is 12.3 Å². The molecular weight excluding hydrogens is 204 g/mol. The molecule has 1 aromatic rings. The number of hydrogen-bond donors (Lipinski definition) is 2. The highest BCUT2D eigenvalue weighted by Gasteiger charge is 2.18. The van der Waals surface area contributed by atoms with Gasteiger partial charge in [-0.1, -0.05) is 0 Å². The van der Waals surface area contributed by atoms with Crippen molar-refractivity contribution in [3.63, 3.8) is 0 Å². The van der Waals surface area contributed by atoms with Crippen molar-refractivity contribution >= 4 is 11.6 Å². The monoisotopic (exact) mass is 209 g/mol. The van der Waals surface area contributed by atoms with E-state index in [1.807, 2.05) is 4.98 Å². The molecule has 0 spiro atoms. The quantitative estimate of drug-likeness (QED) is 0.730. The van der Waals surface area contributed by atoms with Crippen LogP contribution in [0.2, 0.25) is 0 Å². The molecule has 0 aliphatic carbocycles. The van der Waals surface area contributed by atoms with E-state index in [1.54, 1.807) is 0 Å². The second-order valence-electron chi connectivity index (χ2n) is 2.36. The van der Waals surface area contributed by atoms with Gasteiger partial charge in [-0.3, -0.25) is 9.78 Å². The second-order valence-corrected chi connectivity index (χ2v) is 2.62. The third-order valence-electron chi connectivity index (χ3n) is 1.51. The average Bonchev–Trinajstić information content (AvgIpc) is 2.01. The van der Waals surface area contributed by atoms with E-state index in [0.717, 1.165) is 6.07 Å². The van der Waals surface area contributed by atoms with Gasteiger partial charge < -0.3 is 5.11 Å². The molecule has 3 nitrogen and oxygen atoms in total. The number of aromatic nitrogens is 1. The first kappa shape index (κ1) is 9.98. The maximum absolute atomic E-state index is 12.3. The Morgan fingerprint density at radius 1 is 1.62 bits per heavy atom. The summed E-state index contributed by atoms with van der Waals surface area (Å²) in [5.74, 6) is -1.06. The van der Waals surface area contributed by atoms with Crippen LogP contribution in [-0.2, 0) is 5.88 Å². The van der Waals surface area contributed by atoms with Gasteiger partial charge in [0.1, 0.15) is 0 Å². The molecule has 0 aliphatic rings. The van der Waals surface area contributed by atoms with Crippen molar-refractivity contribution in [3.8, 4) is 5.88 Å². The Balaban J connectivity index is 3.38. The Labute approximate surface area is 77.0 Å². The van der Waals surface area contributed by atoms with Crippen LogP contribution in [0.1, 0.15) is 17.6 Å². The van der Waals surface area contributed by atoms with E-state index in [0.29, 0.717) is 0 Å². The van der Waals surface area contributed by atoms with Crippen LogP contribution in [0, 0.1) is 0 Å². The van der Waals surface area contributed by atoms with Crippen LogP contribution in [0.3, 0.4) is 0 Å². The first-order chi connectivity index (χ1) is 6.06. The van der Waals surface area contributed by atoms with Crippen LogP contribution in [0.15, 0.2) is 10.9 Å². The van der Waals surface area contributed by atoms with Gasteiger partial charge >= 0.3 is 0 Å². The molecule has 1 heterocycles. The first-order valence-corrected chi connectivity index (χ1v) is 3.89. The number of aromatic hydroxyl groups is 1. The second kappa shape index (κ2) is 3.74. The molecule has 0 amide bonds. The summed E-state index contributed by atoms with van der Waals surface area (Å²) >= 11 is 5.32. The van der Waals surface area contributed by atoms with Crippen molar-refractivity contribution in [1.82, 2.24) is 4.98 Å². The van der Waals surface area contributed by atoms with Crippen molar-refractivity contribution in [1.29, 1.82) is 0 Å². The molecule has 0 radical (unpaired) electrons. The normalized spacial score (nSPS) is 10.8. The molecule has 13 heavy (non-hydrogen) atoms. The van der Waals surface area contributed by atoms with Crippen LogP contribution >= 0.6 is 11.6 Å². The van der Waals surface area contributed by atoms with E-state index in [2.05, 4.69) is 0 Å². The number of alkyl halides is 3. The molecule has 0 unspecified atom stereocenters. The summed E-state index contributed by atoms with van der Waals surface area (Å²) < 4.78 is 24.5. The lowest BCUT2D eigenvalue weighted by atomic mass is 10.1. The molecule has 0 saturated carbocycles. The van der Waals surface area contributed by atoms with Crippen molar-refractivity contribution < 1.29 is 13.9 Å². The van der Waals surface area contributed by atoms with Crippen LogP contribution in [0.4, 0.5) is 8.78 Å². The molecule has 0 aliphatic heterocycles. The molecule has 2 N–H and O–H groups in total. The van der Waals surface area contributed by atoms with E-state index >= 15 is 0 Å². The minimum atomic E-state index is -2.86. The highest BCUT2D eigenvalue weighted by Crippen LogP contribution is 2.29. The molecule has 1 rings (SSSR count). The lowest BCUT2D eigenvalue weighted by molar-refractivity contribution is 0.145. The molecule has 0 fully saturated rings. The summed E-state index contributed by atoms with van der Waals surface area (Å²) in [6.07, 6.45) is -2.86. The van der Waals surface area contributed by atoms with Gasteiger partial charge in [0.05, 0.1) is 5.56 Å². The molecule has 0 aromatic carbocycles. The van der Waals surface area contributed by atoms with Crippen LogP contribution in [0.25, 0.3) is 0 Å². The molecule has 6 heteroatoms. The fourth-order valence-electron chi connectivity index (χ4n) is 0.962. The molecule has 72 valence electrons. The SMILES string of the molecule is O=c1cc(CCl)c(C(F)F)c(O)[nH]1. The van der Waals surface area contributed by atoms with Crippen LogP contribution in [0.5, 0.6) is 5.88 Å². The minimum absolute atomic E-state index is 0.0575. The minimum Gasteiger partial charge on any atom is -0.494 e. The third-order valence-corrected chi connectivity index (χ3v) is 1.80. The van der Waals surface area contributed by atoms with Gasteiger partial charge in [-0.15, -0.1) is 11.6 Å². The fourth-order valence-corrected chi connectivity index (χ4v) is 1.18. The topological polar surface area (TPSA) is 53.1 Å². The largest absolute Gasteiger partial charge is 0.494 e. The summed E-state index contributed by atoms with van der Waals surface area (Å²) in [7, 11) is 0. The van der Waals surface area contributed by atoms with Crippen molar-refractivity contribution in [3.05, 3.63) is 27.5 Å². The number of nitrogens with one attached hydrogen (secondary N) is 1. The Hall–Kier alpha value is -1.10. The lowest BCUT2D eigenvalue weighted by Gasteiger charge is -2.06. The number of halogens is 3. The highest BCUT2D eigenvalue weighted by molar-refractivity contribution is 6.17. The number of hydrogen-bond acceptors (Lipinski definition) is 2. The van der Waals surface area contributed by atoms with Gasteiger partial charge in [0, 0.05) is 11.9 Å². The molecule has 1 aromatic heterocycles. The smallest absolute Gasteiger partial charge is 0.269 e. The predicted molar refractivity (Wildman–Crippen MR) is 43.2 cm³/mol. The zero-order chi connectivity index (χ0) is 10.0. The standard InChI is InChI=1S/C7H6ClF2NO2/c8-2-3-1-4(12)11-7(13)5(3)6(9)10/h1,6H,2H2,(H2,11,12,13). The highest BCUT2D eigenvalue weighted by atomic mass is 35.5. The molecule has 0 bridgehead atoms. The maximum atomic E-state index is 12.3. The summed E-state index contributed by atoms with van der Waals surface area (Å²) in [5, 5.41) is 8.98. The Kier molecular flexibility index (Phi) is 2.87. The summed E-state index contributed by atoms with van der Waals surface area (Å²) in [5.41, 5.74) is -1.33. The Morgan fingerprint density at radius 2 is 2.23 bits per heavy atom. The zero-order valence-electron chi connectivity index (χ0n) is 6.35. The van der Waals surface area contributed by atoms with Crippen LogP contribution in [-0.4, -0.2) is 10.1 Å². The van der Waals surface area contributed by atoms with Crippen LogP contribution < -0.4 is 5.56 Å². The summed E-state index contributed by atoms with van der Waals surface area (Å²) in [6, 6.07) is 0.939. The Morgan fingerprint density at radius 3 is 2.69 bits per heavy atom. The third kappa shape index (κ3) is 1.98. The molecular formula is C7H6ClF2NO2. The van der Waals surface area contributed by atoms with E-state index in [4.69, 9.17) is 16.7 Å². The molecule has 0 atom stereocenters. The Bertz CT molecular complexity index is 364. The fraction of sp³-hybridized carbons (Fsp3) is 0.286. The summed E-state index contributed by atoms with van der Waals surface area (Å²) in [4.78, 5) is 12.6. The van der Waals surface area contributed by atoms with E-state index < -0.39 is 23.4 Å². The van der Waals surface area contributed by atoms with Crippen molar-refractivity contribution in [2.75, 3.05) is 0 Å². The van der Waals surface area contributed by atoms with E-state index in [-0.39, 0.29) is 11.4 Å². The lowest BCUT2D eigenvalue weighted by Crippen LogP contribution is -2.08. The van der Waals surface area contributed by atoms with Gasteiger partial charge in [-0.2, -0.15) is 0 Å². The van der Waals surface area contributed by atoms with Gasteiger partial charge in [-0.05, 0) is 5.56 Å². The maximum Gasteiger partial charge on any atom is 0.269 e. The van der Waals surface area contributed by atoms with Gasteiger partial charge in [-0.25, -0.2) is 8.78 Å². The average molecular weight is 210 g/mol. The van der Waals surface area contributed by atoms with Gasteiger partial charge in [0.25, 0.3) is 12.0 Å². The zero-order valence-corrected chi connectivity index (χ0v) is 7.11. The summed E-state index contributed by atoms with van der Waals surface area (Å²) in [6.45, 7) is 0. The number of rotatable bonds is 2.